The second kappa shape index (κ2) is 6.30. The number of aromatic nitrogens is 2. The van der Waals surface area contributed by atoms with E-state index in [4.69, 9.17) is 9.84 Å². The Morgan fingerprint density at radius 3 is 2.50 bits per heavy atom. The summed E-state index contributed by atoms with van der Waals surface area (Å²) in [5.74, 6) is -0.946. The highest BCUT2D eigenvalue weighted by atomic mass is 16.5. The van der Waals surface area contributed by atoms with Gasteiger partial charge in [0.25, 0.3) is 5.91 Å². The molecule has 7 nitrogen and oxygen atoms in total. The lowest BCUT2D eigenvalue weighted by atomic mass is 10.1. The van der Waals surface area contributed by atoms with E-state index < -0.39 is 11.9 Å². The van der Waals surface area contributed by atoms with Crippen molar-refractivity contribution >= 4 is 11.9 Å². The average molecular weight is 303 g/mol. The molecule has 0 unspecified atom stereocenters. The van der Waals surface area contributed by atoms with Gasteiger partial charge in [0.1, 0.15) is 17.0 Å². The van der Waals surface area contributed by atoms with Crippen LogP contribution in [0.4, 0.5) is 0 Å². The maximum atomic E-state index is 12.3. The summed E-state index contributed by atoms with van der Waals surface area (Å²) in [5, 5.41) is 15.7. The Kier molecular flexibility index (Phi) is 4.45. The summed E-state index contributed by atoms with van der Waals surface area (Å²) >= 11 is 0. The number of aromatic carboxylic acids is 1. The van der Waals surface area contributed by atoms with Crippen LogP contribution in [-0.4, -0.2) is 33.9 Å². The van der Waals surface area contributed by atoms with Crippen molar-refractivity contribution in [2.75, 3.05) is 7.11 Å². The molecule has 7 heteroatoms. The monoisotopic (exact) mass is 303 g/mol. The van der Waals surface area contributed by atoms with Crippen molar-refractivity contribution in [3.8, 4) is 5.75 Å². The first-order chi connectivity index (χ1) is 10.4. The highest BCUT2D eigenvalue weighted by Crippen LogP contribution is 2.18. The smallest absolute Gasteiger partial charge is 0.339 e. The number of benzene rings is 1. The minimum Gasteiger partial charge on any atom is -0.497 e. The van der Waals surface area contributed by atoms with Crippen molar-refractivity contribution in [3.05, 3.63) is 47.3 Å². The van der Waals surface area contributed by atoms with Gasteiger partial charge in [-0.1, -0.05) is 12.1 Å². The molecule has 2 rings (SSSR count). The van der Waals surface area contributed by atoms with Gasteiger partial charge in [0.05, 0.1) is 19.3 Å². The molecule has 0 saturated heterocycles. The number of amides is 1. The molecule has 0 saturated carbocycles. The van der Waals surface area contributed by atoms with Crippen molar-refractivity contribution in [1.82, 2.24) is 15.1 Å². The minimum atomic E-state index is -1.18. The fraction of sp³-hybridized carbons (Fsp3) is 0.267. The zero-order chi connectivity index (χ0) is 16.3. The average Bonchev–Trinajstić information content (AvgIpc) is 2.89. The molecule has 0 radical (unpaired) electrons. The van der Waals surface area contributed by atoms with Crippen LogP contribution in [-0.2, 0) is 7.05 Å². The highest BCUT2D eigenvalue weighted by molar-refractivity contribution is 6.03. The molecule has 0 fully saturated rings. The predicted molar refractivity (Wildman–Crippen MR) is 79.0 cm³/mol. The van der Waals surface area contributed by atoms with Gasteiger partial charge in [-0.15, -0.1) is 0 Å². The molecule has 2 N–H and O–H groups in total. The largest absolute Gasteiger partial charge is 0.497 e. The molecule has 1 aromatic carbocycles. The van der Waals surface area contributed by atoms with Crippen molar-refractivity contribution in [1.29, 1.82) is 0 Å². The molecule has 1 atom stereocenters. The Morgan fingerprint density at radius 1 is 1.32 bits per heavy atom. The van der Waals surface area contributed by atoms with E-state index in [9.17, 15) is 9.59 Å². The van der Waals surface area contributed by atoms with Crippen LogP contribution in [0.3, 0.4) is 0 Å². The zero-order valence-electron chi connectivity index (χ0n) is 12.5. The lowest BCUT2D eigenvalue weighted by Crippen LogP contribution is -2.29. The first kappa shape index (κ1) is 15.6. The number of carbonyl (C=O) groups excluding carboxylic acids is 1. The summed E-state index contributed by atoms with van der Waals surface area (Å²) in [7, 11) is 3.11. The Balaban J connectivity index is 2.17. The molecule has 0 bridgehead atoms. The number of nitrogens with zero attached hydrogens (tertiary/aromatic N) is 2. The topological polar surface area (TPSA) is 93.4 Å². The Labute approximate surface area is 127 Å². The standard InChI is InChI=1S/C15H17N3O4/c1-9(10-4-6-11(22-3)7-5-10)17-14(19)13-12(15(20)21)8-16-18(13)2/h4-9H,1-3H3,(H,17,19)(H,20,21)/t9-/m1/s1. The van der Waals surface area contributed by atoms with Crippen LogP contribution in [0.2, 0.25) is 0 Å². The van der Waals surface area contributed by atoms with Gasteiger partial charge in [-0.25, -0.2) is 4.79 Å². The fourth-order valence-corrected chi connectivity index (χ4v) is 2.10. The summed E-state index contributed by atoms with van der Waals surface area (Å²) in [6.07, 6.45) is 1.16. The Morgan fingerprint density at radius 2 is 1.95 bits per heavy atom. The third-order valence-corrected chi connectivity index (χ3v) is 3.35. The second-order valence-electron chi connectivity index (χ2n) is 4.80. The quantitative estimate of drug-likeness (QED) is 0.875. The van der Waals surface area contributed by atoms with Crippen molar-refractivity contribution < 1.29 is 19.4 Å². The van der Waals surface area contributed by atoms with E-state index in [1.54, 1.807) is 19.2 Å². The fourth-order valence-electron chi connectivity index (χ4n) is 2.10. The number of nitrogens with one attached hydrogen (secondary N) is 1. The number of carboxylic acids is 1. The van der Waals surface area contributed by atoms with Gasteiger partial charge < -0.3 is 15.2 Å². The van der Waals surface area contributed by atoms with Crippen molar-refractivity contribution in [2.45, 2.75) is 13.0 Å². The van der Waals surface area contributed by atoms with Crippen LogP contribution in [0.25, 0.3) is 0 Å². The summed E-state index contributed by atoms with van der Waals surface area (Å²) < 4.78 is 6.33. The lowest BCUT2D eigenvalue weighted by Gasteiger charge is -2.15. The van der Waals surface area contributed by atoms with Crippen LogP contribution >= 0.6 is 0 Å². The van der Waals surface area contributed by atoms with Gasteiger partial charge in [0.15, 0.2) is 0 Å². The molecule has 0 aliphatic carbocycles. The van der Waals surface area contributed by atoms with Gasteiger partial charge in [-0.3, -0.25) is 9.48 Å². The van der Waals surface area contributed by atoms with E-state index >= 15 is 0 Å². The molecule has 22 heavy (non-hydrogen) atoms. The third kappa shape index (κ3) is 3.08. The van der Waals surface area contributed by atoms with Crippen molar-refractivity contribution in [3.63, 3.8) is 0 Å². The SMILES string of the molecule is COc1ccc([C@@H](C)NC(=O)c2c(C(=O)O)cnn2C)cc1. The van der Waals surface area contributed by atoms with Crippen LogP contribution in [0.5, 0.6) is 5.75 Å². The summed E-state index contributed by atoms with van der Waals surface area (Å²) in [5.41, 5.74) is 0.781. The molecule has 2 aromatic rings. The molecule has 1 heterocycles. The normalized spacial score (nSPS) is 11.8. The number of hydrogen-bond acceptors (Lipinski definition) is 4. The first-order valence-corrected chi connectivity index (χ1v) is 6.64. The van der Waals surface area contributed by atoms with Gasteiger partial charge in [0.2, 0.25) is 0 Å². The van der Waals surface area contributed by atoms with Crippen LogP contribution in [0.1, 0.15) is 39.4 Å². The van der Waals surface area contributed by atoms with Crippen molar-refractivity contribution in [2.24, 2.45) is 7.05 Å². The lowest BCUT2D eigenvalue weighted by molar-refractivity contribution is 0.0690. The van der Waals surface area contributed by atoms with Crippen LogP contribution in [0.15, 0.2) is 30.5 Å². The summed E-state index contributed by atoms with van der Waals surface area (Å²) in [6, 6.07) is 6.99. The number of carboxylic acid groups (broad SMARTS) is 1. The molecular weight excluding hydrogens is 286 g/mol. The molecule has 0 spiro atoms. The van der Waals surface area contributed by atoms with E-state index in [2.05, 4.69) is 10.4 Å². The van der Waals surface area contributed by atoms with Gasteiger partial charge in [-0.05, 0) is 24.6 Å². The number of rotatable bonds is 5. The van der Waals surface area contributed by atoms with Gasteiger partial charge >= 0.3 is 5.97 Å². The molecule has 0 aliphatic rings. The first-order valence-electron chi connectivity index (χ1n) is 6.64. The maximum absolute atomic E-state index is 12.3. The van der Waals surface area contributed by atoms with Gasteiger partial charge in [0, 0.05) is 7.05 Å². The number of carbonyl (C=O) groups is 2. The van der Waals surface area contributed by atoms with Crippen LogP contribution < -0.4 is 10.1 Å². The van der Waals surface area contributed by atoms with Gasteiger partial charge in [-0.2, -0.15) is 5.10 Å². The van der Waals surface area contributed by atoms with E-state index in [1.165, 1.54) is 11.7 Å². The third-order valence-electron chi connectivity index (χ3n) is 3.35. The molecule has 116 valence electrons. The van der Waals surface area contributed by atoms with E-state index in [1.807, 2.05) is 19.1 Å². The van der Waals surface area contributed by atoms with Crippen LogP contribution in [0, 0.1) is 0 Å². The minimum absolute atomic E-state index is 0.0212. The molecular formula is C15H17N3O4. The maximum Gasteiger partial charge on any atom is 0.339 e. The number of hydrogen-bond donors (Lipinski definition) is 2. The Hall–Kier alpha value is -2.83. The number of aryl methyl sites for hydroxylation is 1. The predicted octanol–water partition coefficient (Wildman–Crippen LogP) is 1.62. The van der Waals surface area contributed by atoms with E-state index in [0.29, 0.717) is 0 Å². The summed E-state index contributed by atoms with van der Waals surface area (Å²) in [6.45, 7) is 1.82. The number of methoxy groups -OCH3 is 1. The molecule has 1 amide bonds. The summed E-state index contributed by atoms with van der Waals surface area (Å²) in [4.78, 5) is 23.4. The van der Waals surface area contributed by atoms with E-state index in [0.717, 1.165) is 17.5 Å². The molecule has 1 aromatic heterocycles. The highest BCUT2D eigenvalue weighted by Gasteiger charge is 2.22. The van der Waals surface area contributed by atoms with E-state index in [-0.39, 0.29) is 17.3 Å². The number of ether oxygens (including phenoxy) is 1. The Bertz CT molecular complexity index is 691. The second-order valence-corrected chi connectivity index (χ2v) is 4.80. The zero-order valence-corrected chi connectivity index (χ0v) is 12.5. The molecule has 0 aliphatic heterocycles.